The zero-order valence-corrected chi connectivity index (χ0v) is 9.95. The number of hydrogen-bond donors (Lipinski definition) is 1. The molecule has 0 saturated heterocycles. The molecule has 0 atom stereocenters. The number of azo groups is 1. The van der Waals surface area contributed by atoms with Gasteiger partial charge in [-0.25, -0.2) is 4.98 Å². The Kier molecular flexibility index (Phi) is 3.45. The summed E-state index contributed by atoms with van der Waals surface area (Å²) in [6.45, 7) is 0. The molecule has 1 aromatic carbocycles. The molecular formula is C11H9N3O3S. The zero-order chi connectivity index (χ0) is 13.0. The van der Waals surface area contributed by atoms with Gasteiger partial charge in [-0.2, -0.15) is 8.42 Å². The standard InChI is InChI=1S/C11H9N3O3S/c15-18(16,17)10-6-2-1-5-9(10)13-14-11-7-3-4-8-12-11/h1-8H,(H,15,16,17). The molecule has 0 aliphatic heterocycles. The van der Waals surface area contributed by atoms with Crippen molar-refractivity contribution in [2.24, 2.45) is 10.2 Å². The van der Waals surface area contributed by atoms with Gasteiger partial charge in [0.1, 0.15) is 10.6 Å². The molecule has 2 aromatic rings. The molecule has 0 radical (unpaired) electrons. The third-order valence-corrected chi connectivity index (χ3v) is 2.95. The summed E-state index contributed by atoms with van der Waals surface area (Å²) in [6.07, 6.45) is 1.54. The summed E-state index contributed by atoms with van der Waals surface area (Å²) in [4.78, 5) is 3.63. The van der Waals surface area contributed by atoms with Crippen molar-refractivity contribution < 1.29 is 13.0 Å². The first-order valence-corrected chi connectivity index (χ1v) is 6.41. The fourth-order valence-corrected chi connectivity index (χ4v) is 1.90. The first kappa shape index (κ1) is 12.3. The van der Waals surface area contributed by atoms with E-state index in [9.17, 15) is 8.42 Å². The van der Waals surface area contributed by atoms with E-state index in [4.69, 9.17) is 4.55 Å². The minimum Gasteiger partial charge on any atom is -0.282 e. The Morgan fingerprint density at radius 1 is 1.00 bits per heavy atom. The van der Waals surface area contributed by atoms with E-state index in [-0.39, 0.29) is 10.6 Å². The first-order chi connectivity index (χ1) is 8.57. The van der Waals surface area contributed by atoms with E-state index in [2.05, 4.69) is 15.2 Å². The van der Waals surface area contributed by atoms with Crippen molar-refractivity contribution in [2.45, 2.75) is 4.90 Å². The monoisotopic (exact) mass is 263 g/mol. The van der Waals surface area contributed by atoms with Crippen LogP contribution in [0.1, 0.15) is 0 Å². The molecule has 7 heteroatoms. The van der Waals surface area contributed by atoms with Gasteiger partial charge in [-0.3, -0.25) is 4.55 Å². The normalized spacial score (nSPS) is 11.8. The lowest BCUT2D eigenvalue weighted by Gasteiger charge is -1.99. The number of aromatic nitrogens is 1. The molecule has 1 aromatic heterocycles. The Bertz CT molecular complexity index is 669. The number of nitrogens with zero attached hydrogens (tertiary/aromatic N) is 3. The van der Waals surface area contributed by atoms with Gasteiger partial charge < -0.3 is 0 Å². The van der Waals surface area contributed by atoms with Gasteiger partial charge in [-0.05, 0) is 24.3 Å². The smallest absolute Gasteiger partial charge is 0.282 e. The summed E-state index contributed by atoms with van der Waals surface area (Å²) in [5, 5.41) is 7.56. The summed E-state index contributed by atoms with van der Waals surface area (Å²) >= 11 is 0. The highest BCUT2D eigenvalue weighted by molar-refractivity contribution is 7.86. The van der Waals surface area contributed by atoms with Crippen LogP contribution in [0.2, 0.25) is 0 Å². The van der Waals surface area contributed by atoms with Crippen LogP contribution >= 0.6 is 0 Å². The SMILES string of the molecule is O=S(=O)(O)c1ccccc1N=Nc1ccccn1. The lowest BCUT2D eigenvalue weighted by Crippen LogP contribution is -1.97. The van der Waals surface area contributed by atoms with Gasteiger partial charge in [0.15, 0.2) is 5.82 Å². The third-order valence-electron chi connectivity index (χ3n) is 2.05. The molecule has 0 fully saturated rings. The zero-order valence-electron chi connectivity index (χ0n) is 9.13. The molecule has 2 rings (SSSR count). The Hall–Kier alpha value is -2.12. The van der Waals surface area contributed by atoms with E-state index in [1.54, 1.807) is 30.5 Å². The van der Waals surface area contributed by atoms with E-state index in [0.29, 0.717) is 5.82 Å². The van der Waals surface area contributed by atoms with Crippen molar-refractivity contribution >= 4 is 21.6 Å². The van der Waals surface area contributed by atoms with Crippen molar-refractivity contribution in [1.29, 1.82) is 0 Å². The van der Waals surface area contributed by atoms with Crippen molar-refractivity contribution in [2.75, 3.05) is 0 Å². The van der Waals surface area contributed by atoms with Crippen LogP contribution in [0.25, 0.3) is 0 Å². The fraction of sp³-hybridized carbons (Fsp3) is 0. The highest BCUT2D eigenvalue weighted by atomic mass is 32.2. The molecule has 6 nitrogen and oxygen atoms in total. The molecular weight excluding hydrogens is 254 g/mol. The molecule has 0 unspecified atom stereocenters. The van der Waals surface area contributed by atoms with Gasteiger partial charge in [-0.15, -0.1) is 10.2 Å². The summed E-state index contributed by atoms with van der Waals surface area (Å²) < 4.78 is 31.2. The maximum atomic E-state index is 11.1. The van der Waals surface area contributed by atoms with Crippen LogP contribution in [0.3, 0.4) is 0 Å². The molecule has 0 saturated carbocycles. The predicted octanol–water partition coefficient (Wildman–Crippen LogP) is 2.74. The van der Waals surface area contributed by atoms with Gasteiger partial charge >= 0.3 is 0 Å². The summed E-state index contributed by atoms with van der Waals surface area (Å²) in [7, 11) is -4.31. The number of hydrogen-bond acceptors (Lipinski definition) is 5. The van der Waals surface area contributed by atoms with E-state index in [0.717, 1.165) is 0 Å². The van der Waals surface area contributed by atoms with Crippen molar-refractivity contribution in [1.82, 2.24) is 4.98 Å². The minimum absolute atomic E-state index is 0.0608. The van der Waals surface area contributed by atoms with Crippen LogP contribution < -0.4 is 0 Å². The van der Waals surface area contributed by atoms with Crippen LogP contribution in [0.15, 0.2) is 63.8 Å². The van der Waals surface area contributed by atoms with E-state index >= 15 is 0 Å². The molecule has 0 amide bonds. The third kappa shape index (κ3) is 2.96. The Morgan fingerprint density at radius 2 is 1.72 bits per heavy atom. The number of benzene rings is 1. The highest BCUT2D eigenvalue weighted by Crippen LogP contribution is 2.25. The van der Waals surface area contributed by atoms with E-state index in [1.165, 1.54) is 18.2 Å². The van der Waals surface area contributed by atoms with Crippen molar-refractivity contribution in [3.05, 3.63) is 48.7 Å². The molecule has 0 spiro atoms. The summed E-state index contributed by atoms with van der Waals surface area (Å²) in [5.74, 6) is 0.350. The maximum Gasteiger partial charge on any atom is 0.296 e. The average Bonchev–Trinajstić information content (AvgIpc) is 2.37. The van der Waals surface area contributed by atoms with Crippen LogP contribution in [-0.2, 0) is 10.1 Å². The Balaban J connectivity index is 2.39. The van der Waals surface area contributed by atoms with Crippen LogP contribution in [0.5, 0.6) is 0 Å². The second kappa shape index (κ2) is 5.03. The van der Waals surface area contributed by atoms with Crippen molar-refractivity contribution in [3.63, 3.8) is 0 Å². The number of pyridine rings is 1. The lowest BCUT2D eigenvalue weighted by molar-refractivity contribution is 0.483. The Labute approximate surface area is 104 Å². The topological polar surface area (TPSA) is 92.0 Å². The largest absolute Gasteiger partial charge is 0.296 e. The molecule has 92 valence electrons. The van der Waals surface area contributed by atoms with Crippen LogP contribution in [-0.4, -0.2) is 18.0 Å². The van der Waals surface area contributed by atoms with Gasteiger partial charge in [0.2, 0.25) is 0 Å². The summed E-state index contributed by atoms with van der Waals surface area (Å²) in [5.41, 5.74) is 0.0608. The lowest BCUT2D eigenvalue weighted by atomic mass is 10.3. The first-order valence-electron chi connectivity index (χ1n) is 4.97. The van der Waals surface area contributed by atoms with Crippen molar-refractivity contribution in [3.8, 4) is 0 Å². The molecule has 0 aliphatic carbocycles. The quantitative estimate of drug-likeness (QED) is 0.680. The van der Waals surface area contributed by atoms with Gasteiger partial charge in [0.25, 0.3) is 10.1 Å². The minimum atomic E-state index is -4.31. The summed E-state index contributed by atoms with van der Waals surface area (Å²) in [6, 6.07) is 10.9. The fourth-order valence-electron chi connectivity index (χ4n) is 1.28. The highest BCUT2D eigenvalue weighted by Gasteiger charge is 2.14. The molecule has 0 bridgehead atoms. The van der Waals surface area contributed by atoms with Gasteiger partial charge in [0, 0.05) is 6.20 Å². The van der Waals surface area contributed by atoms with Crippen LogP contribution in [0.4, 0.5) is 11.5 Å². The van der Waals surface area contributed by atoms with E-state index in [1.807, 2.05) is 0 Å². The van der Waals surface area contributed by atoms with Crippen LogP contribution in [0, 0.1) is 0 Å². The molecule has 1 heterocycles. The number of rotatable bonds is 3. The molecule has 18 heavy (non-hydrogen) atoms. The Morgan fingerprint density at radius 3 is 2.39 bits per heavy atom. The van der Waals surface area contributed by atoms with E-state index < -0.39 is 10.1 Å². The predicted molar refractivity (Wildman–Crippen MR) is 64.7 cm³/mol. The second-order valence-electron chi connectivity index (χ2n) is 3.33. The second-order valence-corrected chi connectivity index (χ2v) is 4.72. The van der Waals surface area contributed by atoms with Gasteiger partial charge in [0.05, 0.1) is 0 Å². The van der Waals surface area contributed by atoms with Gasteiger partial charge in [-0.1, -0.05) is 18.2 Å². The average molecular weight is 263 g/mol. The molecule has 1 N–H and O–H groups in total. The molecule has 0 aliphatic rings. The maximum absolute atomic E-state index is 11.1.